The van der Waals surface area contributed by atoms with Gasteiger partial charge >= 0.3 is 7.48 Å². The maximum atomic E-state index is 4.46. The predicted octanol–water partition coefficient (Wildman–Crippen LogP) is -1.40. The first-order valence-electron chi connectivity index (χ1n) is 1.45. The Morgan fingerprint density at radius 2 is 2.80 bits per heavy atom. The molecule has 1 rings (SSSR count). The van der Waals surface area contributed by atoms with Gasteiger partial charge in [0.25, 0.3) is 0 Å². The van der Waals surface area contributed by atoms with Crippen molar-refractivity contribution in [2.24, 2.45) is 0 Å². The minimum atomic E-state index is 0.792. The van der Waals surface area contributed by atoms with Gasteiger partial charge in [0.15, 0.2) is 0 Å². The molecule has 0 aromatic heterocycles. The fourth-order valence-electron chi connectivity index (χ4n) is 0.208. The second-order valence-corrected chi connectivity index (χ2v) is 0.767. The fraction of sp³-hybridized carbons (Fsp3) is 1.00. The largest absolute Gasteiger partial charge is 0.355 e. The molecule has 0 atom stereocenters. The summed E-state index contributed by atoms with van der Waals surface area (Å²) in [6.07, 6.45) is 0.792. The average molecular weight is 70.9 g/mol. The minimum Gasteiger partial charge on any atom is -0.355 e. The normalized spacial score (nSPS) is 22.4. The number of nitrogens with one attached hydrogen (secondary N) is 2. The monoisotopic (exact) mass is 71.0 g/mol. The quantitative estimate of drug-likeness (QED) is 0.344. The number of hydrogen-bond donors (Lipinski definition) is 2. The highest BCUT2D eigenvalue weighted by atomic mass is 16.6. The van der Waals surface area contributed by atoms with Crippen LogP contribution >= 0.6 is 0 Å². The first-order chi connectivity index (χ1) is 2.50. The van der Waals surface area contributed by atoms with Crippen molar-refractivity contribution in [3.63, 3.8) is 0 Å². The summed E-state index contributed by atoms with van der Waals surface area (Å²) in [7, 11) is 1.64. The molecule has 2 N–H and O–H groups in total. The summed E-state index contributed by atoms with van der Waals surface area (Å²) in [4.78, 5) is 0. The molecule has 0 bridgehead atoms. The van der Waals surface area contributed by atoms with Crippen molar-refractivity contribution in [1.82, 2.24) is 11.0 Å². The van der Waals surface area contributed by atoms with Gasteiger partial charge in [-0.1, -0.05) is 0 Å². The summed E-state index contributed by atoms with van der Waals surface area (Å²) < 4.78 is 4.46. The highest BCUT2D eigenvalue weighted by Crippen LogP contribution is 1.62. The molecule has 1 aliphatic rings. The highest BCUT2D eigenvalue weighted by Gasteiger charge is 1.96. The van der Waals surface area contributed by atoms with Gasteiger partial charge in [0.1, 0.15) is 0 Å². The molecule has 1 radical (unpaired) electrons. The smallest absolute Gasteiger partial charge is 0.342 e. The van der Waals surface area contributed by atoms with Crippen LogP contribution in [0.25, 0.3) is 0 Å². The number of rotatable bonds is 0. The molecule has 0 aliphatic carbocycles. The van der Waals surface area contributed by atoms with Crippen LogP contribution in [0.3, 0.4) is 0 Å². The Labute approximate surface area is 30.9 Å². The molecule has 3 nitrogen and oxygen atoms in total. The minimum absolute atomic E-state index is 0.792. The second kappa shape index (κ2) is 1.40. The van der Waals surface area contributed by atoms with Crippen molar-refractivity contribution in [3.8, 4) is 0 Å². The van der Waals surface area contributed by atoms with Crippen molar-refractivity contribution in [2.75, 3.05) is 6.44 Å². The third kappa shape index (κ3) is 0.610. The Bertz CT molecular complexity index is 21.2. The van der Waals surface area contributed by atoms with Gasteiger partial charge in [-0.3, -0.25) is 0 Å². The summed E-state index contributed by atoms with van der Waals surface area (Å²) in [6.45, 7) is 0. The van der Waals surface area contributed by atoms with E-state index in [1.54, 1.807) is 7.48 Å². The molecule has 0 saturated carbocycles. The lowest BCUT2D eigenvalue weighted by atomic mass is 10.1. The molecular formula is CH4BN2O. The van der Waals surface area contributed by atoms with Gasteiger partial charge in [0, 0.05) is 6.44 Å². The van der Waals surface area contributed by atoms with E-state index >= 15 is 0 Å². The van der Waals surface area contributed by atoms with Crippen LogP contribution in [0.15, 0.2) is 0 Å². The zero-order valence-corrected chi connectivity index (χ0v) is 2.69. The predicted molar refractivity (Wildman–Crippen MR) is 18.0 cm³/mol. The molecule has 4 heteroatoms. The second-order valence-electron chi connectivity index (χ2n) is 0.767. The first-order valence-corrected chi connectivity index (χ1v) is 1.45. The van der Waals surface area contributed by atoms with Gasteiger partial charge < -0.3 is 4.76 Å². The lowest BCUT2D eigenvalue weighted by molar-refractivity contribution is 0.204. The number of hydrazine groups is 1. The lowest BCUT2D eigenvalue weighted by Crippen LogP contribution is -2.20. The van der Waals surface area contributed by atoms with Crippen molar-refractivity contribution >= 4 is 7.48 Å². The van der Waals surface area contributed by atoms with Crippen LogP contribution in [0, 0.1) is 0 Å². The maximum absolute atomic E-state index is 4.46. The fourth-order valence-corrected chi connectivity index (χ4v) is 0.208. The van der Waals surface area contributed by atoms with Gasteiger partial charge in [-0.2, -0.15) is 5.59 Å². The van der Waals surface area contributed by atoms with Crippen molar-refractivity contribution < 1.29 is 4.76 Å². The van der Waals surface area contributed by atoms with Gasteiger partial charge in [0.2, 0.25) is 0 Å². The van der Waals surface area contributed by atoms with E-state index in [0.717, 1.165) is 6.44 Å². The molecule has 1 saturated heterocycles. The van der Waals surface area contributed by atoms with Crippen molar-refractivity contribution in [3.05, 3.63) is 0 Å². The Kier molecular flexibility index (Phi) is 0.881. The van der Waals surface area contributed by atoms with Crippen molar-refractivity contribution in [1.29, 1.82) is 0 Å². The SMILES string of the molecule is [B]1CNNO1. The zero-order chi connectivity index (χ0) is 3.54. The van der Waals surface area contributed by atoms with Crippen LogP contribution in [0.1, 0.15) is 0 Å². The van der Waals surface area contributed by atoms with E-state index in [2.05, 4.69) is 15.8 Å². The summed E-state index contributed by atoms with van der Waals surface area (Å²) in [5.74, 6) is 0. The van der Waals surface area contributed by atoms with Gasteiger partial charge in [0.05, 0.1) is 0 Å². The molecular weight excluding hydrogens is 66.8 g/mol. The molecule has 1 fully saturated rings. The summed E-state index contributed by atoms with van der Waals surface area (Å²) >= 11 is 0. The molecule has 0 spiro atoms. The van der Waals surface area contributed by atoms with Crippen molar-refractivity contribution in [2.45, 2.75) is 0 Å². The van der Waals surface area contributed by atoms with E-state index in [1.807, 2.05) is 0 Å². The zero-order valence-electron chi connectivity index (χ0n) is 2.69. The molecule has 27 valence electrons. The Morgan fingerprint density at radius 1 is 1.80 bits per heavy atom. The molecule has 0 aromatic rings. The molecule has 1 heterocycles. The van der Waals surface area contributed by atoms with Crippen LogP contribution in [0.5, 0.6) is 0 Å². The van der Waals surface area contributed by atoms with E-state index in [-0.39, 0.29) is 0 Å². The topological polar surface area (TPSA) is 33.3 Å². The van der Waals surface area contributed by atoms with E-state index in [4.69, 9.17) is 0 Å². The third-order valence-electron chi connectivity index (χ3n) is 0.400. The summed E-state index contributed by atoms with van der Waals surface area (Å²) in [6, 6.07) is 0. The van der Waals surface area contributed by atoms with Crippen LogP contribution < -0.4 is 11.0 Å². The van der Waals surface area contributed by atoms with E-state index < -0.39 is 0 Å². The summed E-state index contributed by atoms with van der Waals surface area (Å²) in [5.41, 5.74) is 5.11. The molecule has 0 unspecified atom stereocenters. The third-order valence-corrected chi connectivity index (χ3v) is 0.400. The summed E-state index contributed by atoms with van der Waals surface area (Å²) in [5, 5.41) is 0. The average Bonchev–Trinajstić information content (AvgIpc) is 1.76. The standard InChI is InChI=1S/CH4BN2O/c1-2-5-4-3-1/h3-4H,1H2. The molecule has 0 aromatic carbocycles. The lowest BCUT2D eigenvalue weighted by Gasteiger charge is -1.83. The Balaban J connectivity index is 2.08. The van der Waals surface area contributed by atoms with Gasteiger partial charge in [-0.15, -0.1) is 0 Å². The van der Waals surface area contributed by atoms with Crippen LogP contribution in [0.4, 0.5) is 0 Å². The maximum Gasteiger partial charge on any atom is 0.342 e. The first kappa shape index (κ1) is 3.15. The van der Waals surface area contributed by atoms with Gasteiger partial charge in [-0.05, 0) is 0 Å². The highest BCUT2D eigenvalue weighted by molar-refractivity contribution is 6.27. The van der Waals surface area contributed by atoms with Crippen LogP contribution in [-0.2, 0) is 4.76 Å². The van der Waals surface area contributed by atoms with Gasteiger partial charge in [-0.25, -0.2) is 5.43 Å². The number of hydrogen-bond acceptors (Lipinski definition) is 3. The Hall–Kier alpha value is -0.0551. The molecule has 5 heavy (non-hydrogen) atoms. The Morgan fingerprint density at radius 3 is 3.00 bits per heavy atom. The molecule has 0 amide bonds. The molecule has 1 aliphatic heterocycles. The van der Waals surface area contributed by atoms with E-state index in [9.17, 15) is 0 Å². The van der Waals surface area contributed by atoms with Crippen LogP contribution in [-0.4, -0.2) is 13.9 Å². The van der Waals surface area contributed by atoms with E-state index in [0.29, 0.717) is 0 Å². The van der Waals surface area contributed by atoms with Crippen LogP contribution in [0.2, 0.25) is 0 Å². The van der Waals surface area contributed by atoms with E-state index in [1.165, 1.54) is 0 Å².